The van der Waals surface area contributed by atoms with Crippen LogP contribution < -0.4 is 14.2 Å². The molecule has 3 aromatic carbocycles. The first kappa shape index (κ1) is 26.4. The Balaban J connectivity index is 0.00000304. The van der Waals surface area contributed by atoms with Crippen LogP contribution in [0.2, 0.25) is 5.02 Å². The topological polar surface area (TPSA) is 30.9 Å². The van der Waals surface area contributed by atoms with E-state index in [4.69, 9.17) is 25.8 Å². The number of hydrogen-bond donors (Lipinski definition) is 0. The highest BCUT2D eigenvalue weighted by Crippen LogP contribution is 2.49. The number of hydrogen-bond acceptors (Lipinski definition) is 4. The van der Waals surface area contributed by atoms with Crippen molar-refractivity contribution >= 4 is 35.2 Å². The van der Waals surface area contributed by atoms with Crippen molar-refractivity contribution < 1.29 is 14.2 Å². The molecule has 0 spiro atoms. The molecule has 2 aliphatic heterocycles. The number of fused-ring (bicyclic) bond motifs is 1. The lowest BCUT2D eigenvalue weighted by atomic mass is 9.79. The second kappa shape index (κ2) is 11.2. The van der Waals surface area contributed by atoms with E-state index in [1.165, 1.54) is 25.9 Å². The van der Waals surface area contributed by atoms with Gasteiger partial charge in [0, 0.05) is 34.3 Å². The van der Waals surface area contributed by atoms with Gasteiger partial charge in [-0.2, -0.15) is 0 Å². The van der Waals surface area contributed by atoms with Crippen molar-refractivity contribution in [3.8, 4) is 17.2 Å². The highest BCUT2D eigenvalue weighted by molar-refractivity contribution is 6.30. The fraction of sp³-hybridized carbons (Fsp3) is 0.333. The third-order valence-corrected chi connectivity index (χ3v) is 7.08. The summed E-state index contributed by atoms with van der Waals surface area (Å²) < 4.78 is 18.1. The van der Waals surface area contributed by atoms with Crippen LogP contribution in [0.4, 0.5) is 0 Å². The maximum absolute atomic E-state index is 6.54. The van der Waals surface area contributed by atoms with E-state index < -0.39 is 5.60 Å². The molecule has 3 aromatic rings. The lowest BCUT2D eigenvalue weighted by molar-refractivity contribution is 0.168. The summed E-state index contributed by atoms with van der Waals surface area (Å²) in [6.45, 7) is 8.28. The van der Waals surface area contributed by atoms with Gasteiger partial charge < -0.3 is 14.2 Å². The van der Waals surface area contributed by atoms with Crippen LogP contribution >= 0.6 is 24.0 Å². The zero-order chi connectivity index (χ0) is 24.4. The monoisotopic (exact) mass is 525 g/mol. The molecule has 2 aliphatic rings. The van der Waals surface area contributed by atoms with Crippen LogP contribution in [0.3, 0.4) is 0 Å². The molecule has 0 unspecified atom stereocenters. The van der Waals surface area contributed by atoms with Gasteiger partial charge in [-0.25, -0.2) is 0 Å². The summed E-state index contributed by atoms with van der Waals surface area (Å²) in [7, 11) is 1.67. The number of ether oxygens (including phenoxy) is 3. The molecule has 0 N–H and O–H groups in total. The lowest BCUT2D eigenvalue weighted by Gasteiger charge is -2.38. The highest BCUT2D eigenvalue weighted by atomic mass is 35.5. The van der Waals surface area contributed by atoms with Gasteiger partial charge in [-0.15, -0.1) is 12.4 Å². The van der Waals surface area contributed by atoms with E-state index in [0.717, 1.165) is 51.6 Å². The van der Waals surface area contributed by atoms with Gasteiger partial charge in [0.15, 0.2) is 0 Å². The van der Waals surface area contributed by atoms with Gasteiger partial charge in [0.2, 0.25) is 0 Å². The highest BCUT2D eigenvalue weighted by Gasteiger charge is 2.36. The summed E-state index contributed by atoms with van der Waals surface area (Å²) in [6.07, 6.45) is 2.60. The molecule has 190 valence electrons. The van der Waals surface area contributed by atoms with Crippen molar-refractivity contribution in [2.75, 3.05) is 33.4 Å². The van der Waals surface area contributed by atoms with E-state index in [1.54, 1.807) is 7.11 Å². The summed E-state index contributed by atoms with van der Waals surface area (Å²) in [5.74, 6) is 2.48. The maximum Gasteiger partial charge on any atom is 0.132 e. The Labute approximate surface area is 225 Å². The summed E-state index contributed by atoms with van der Waals surface area (Å²) in [6, 6.07) is 22.4. The molecule has 0 amide bonds. The fourth-order valence-corrected chi connectivity index (χ4v) is 5.23. The van der Waals surface area contributed by atoms with Gasteiger partial charge in [0.25, 0.3) is 0 Å². The van der Waals surface area contributed by atoms with Gasteiger partial charge >= 0.3 is 0 Å². The Bertz CT molecular complexity index is 1210. The molecular formula is C30H33Cl2NO3. The summed E-state index contributed by atoms with van der Waals surface area (Å²) in [4.78, 5) is 2.47. The minimum Gasteiger partial charge on any atom is -0.497 e. The predicted octanol–water partition coefficient (Wildman–Crippen LogP) is 7.38. The minimum atomic E-state index is -0.562. The first-order valence-corrected chi connectivity index (χ1v) is 12.7. The summed E-state index contributed by atoms with van der Waals surface area (Å²) in [5, 5.41) is 0.714. The number of methoxy groups -OCH3 is 1. The molecule has 0 saturated carbocycles. The van der Waals surface area contributed by atoms with Crippen molar-refractivity contribution in [2.24, 2.45) is 0 Å². The van der Waals surface area contributed by atoms with Gasteiger partial charge in [-0.3, -0.25) is 4.90 Å². The Hall–Kier alpha value is -2.66. The largest absolute Gasteiger partial charge is 0.497 e. The zero-order valence-corrected chi connectivity index (χ0v) is 22.6. The molecule has 4 nitrogen and oxygen atoms in total. The number of rotatable bonds is 7. The third kappa shape index (κ3) is 5.51. The Morgan fingerprint density at radius 3 is 2.19 bits per heavy atom. The molecular weight excluding hydrogens is 493 g/mol. The molecule has 6 heteroatoms. The zero-order valence-electron chi connectivity index (χ0n) is 21.1. The van der Waals surface area contributed by atoms with Crippen molar-refractivity contribution in [3.63, 3.8) is 0 Å². The minimum absolute atomic E-state index is 0. The van der Waals surface area contributed by atoms with E-state index in [0.29, 0.717) is 11.6 Å². The maximum atomic E-state index is 6.54. The van der Waals surface area contributed by atoms with Crippen LogP contribution in [0.15, 0.2) is 66.7 Å². The average molecular weight is 527 g/mol. The number of likely N-dealkylation sites (tertiary alicyclic amines) is 1. The first-order chi connectivity index (χ1) is 16.9. The summed E-state index contributed by atoms with van der Waals surface area (Å²) in [5.41, 5.74) is 4.94. The number of nitrogens with zero attached hydrogens (tertiary/aromatic N) is 1. The molecule has 0 aliphatic carbocycles. The smallest absolute Gasteiger partial charge is 0.132 e. The van der Waals surface area contributed by atoms with Gasteiger partial charge in [0.1, 0.15) is 29.5 Å². The van der Waals surface area contributed by atoms with Crippen molar-refractivity contribution in [3.05, 3.63) is 88.4 Å². The lowest BCUT2D eigenvalue weighted by Crippen LogP contribution is -2.34. The molecule has 0 aromatic heterocycles. The number of benzene rings is 3. The number of halogens is 2. The Kier molecular flexibility index (Phi) is 8.19. The van der Waals surface area contributed by atoms with E-state index in [2.05, 4.69) is 61.2 Å². The van der Waals surface area contributed by atoms with E-state index in [9.17, 15) is 0 Å². The quantitative estimate of drug-likeness (QED) is 0.322. The van der Waals surface area contributed by atoms with E-state index in [1.807, 2.05) is 24.3 Å². The van der Waals surface area contributed by atoms with Gasteiger partial charge in [0.05, 0.1) is 7.11 Å². The summed E-state index contributed by atoms with van der Waals surface area (Å²) >= 11 is 6.21. The predicted molar refractivity (Wildman–Crippen MR) is 150 cm³/mol. The van der Waals surface area contributed by atoms with Crippen molar-refractivity contribution in [2.45, 2.75) is 32.3 Å². The third-order valence-electron chi connectivity index (χ3n) is 6.83. The average Bonchev–Trinajstić information content (AvgIpc) is 3.37. The van der Waals surface area contributed by atoms with Crippen LogP contribution in [0.5, 0.6) is 17.2 Å². The molecule has 36 heavy (non-hydrogen) atoms. The van der Waals surface area contributed by atoms with E-state index >= 15 is 0 Å². The molecule has 1 fully saturated rings. The second-order valence-corrected chi connectivity index (χ2v) is 10.1. The van der Waals surface area contributed by atoms with Crippen molar-refractivity contribution in [1.29, 1.82) is 0 Å². The molecule has 5 rings (SSSR count). The standard InChI is InChI=1S/C30H32ClNO3.ClH/c1-30(2)29(22-6-10-23(31)11-7-22)28(26-15-14-25(33-3)20-27(26)35-30)21-8-12-24(13-9-21)34-19-18-32-16-4-5-17-32;/h6-15,20H,4-5,16-19H2,1-3H3;1H. The van der Waals surface area contributed by atoms with E-state index in [-0.39, 0.29) is 12.4 Å². The van der Waals surface area contributed by atoms with Crippen LogP contribution in [0.1, 0.15) is 43.4 Å². The van der Waals surface area contributed by atoms with Gasteiger partial charge in [-0.05, 0) is 87.3 Å². The molecule has 2 heterocycles. The molecule has 1 saturated heterocycles. The van der Waals surface area contributed by atoms with Crippen LogP contribution in [-0.4, -0.2) is 43.9 Å². The van der Waals surface area contributed by atoms with Crippen LogP contribution in [0.25, 0.3) is 11.1 Å². The second-order valence-electron chi connectivity index (χ2n) is 9.65. The SMILES string of the molecule is COc1ccc2c(c1)OC(C)(C)C(c1ccc(Cl)cc1)=C2c1ccc(OCCN2CCCC2)cc1.Cl. The molecule has 0 bridgehead atoms. The van der Waals surface area contributed by atoms with Crippen molar-refractivity contribution in [1.82, 2.24) is 4.90 Å². The fourth-order valence-electron chi connectivity index (χ4n) is 5.11. The van der Waals surface area contributed by atoms with Gasteiger partial charge in [-0.1, -0.05) is 35.9 Å². The molecule has 0 atom stereocenters. The van der Waals surface area contributed by atoms with Crippen LogP contribution in [0, 0.1) is 0 Å². The Morgan fingerprint density at radius 1 is 0.889 bits per heavy atom. The normalized spacial score (nSPS) is 16.7. The molecule has 0 radical (unpaired) electrons. The van der Waals surface area contributed by atoms with Crippen LogP contribution in [-0.2, 0) is 0 Å². The Morgan fingerprint density at radius 2 is 1.53 bits per heavy atom. The first-order valence-electron chi connectivity index (χ1n) is 12.3.